The first-order valence-corrected chi connectivity index (χ1v) is 9.83. The fourth-order valence-electron chi connectivity index (χ4n) is 6.78. The number of benzene rings is 1. The van der Waals surface area contributed by atoms with Crippen molar-refractivity contribution in [3.63, 3.8) is 0 Å². The summed E-state index contributed by atoms with van der Waals surface area (Å²) in [6.45, 7) is 6.76. The summed E-state index contributed by atoms with van der Waals surface area (Å²) in [5.74, 6) is 1.09. The first-order valence-electron chi connectivity index (χ1n) is 9.83. The van der Waals surface area contributed by atoms with Crippen molar-refractivity contribution in [2.24, 2.45) is 16.7 Å². The maximum absolute atomic E-state index is 13.4. The Hall–Kier alpha value is -1.31. The van der Waals surface area contributed by atoms with Crippen LogP contribution in [0.15, 0.2) is 30.3 Å². The molecule has 4 aliphatic rings. The van der Waals surface area contributed by atoms with E-state index in [-0.39, 0.29) is 16.2 Å². The van der Waals surface area contributed by atoms with E-state index in [0.717, 1.165) is 31.6 Å². The van der Waals surface area contributed by atoms with Crippen molar-refractivity contribution in [1.82, 2.24) is 5.32 Å². The third kappa shape index (κ3) is 2.04. The molecule has 0 aliphatic heterocycles. The van der Waals surface area contributed by atoms with Crippen LogP contribution in [0.25, 0.3) is 0 Å². The lowest BCUT2D eigenvalue weighted by Gasteiger charge is -2.41. The molecule has 1 aromatic carbocycles. The predicted octanol–water partition coefficient (Wildman–Crippen LogP) is 4.83. The molecule has 1 aromatic rings. The zero-order chi connectivity index (χ0) is 17.0. The number of nitrogens with one attached hydrogen (secondary N) is 1. The molecule has 24 heavy (non-hydrogen) atoms. The third-order valence-corrected chi connectivity index (χ3v) is 7.72. The molecule has 5 rings (SSSR count). The van der Waals surface area contributed by atoms with E-state index in [4.69, 9.17) is 0 Å². The van der Waals surface area contributed by atoms with E-state index < -0.39 is 0 Å². The van der Waals surface area contributed by atoms with Gasteiger partial charge in [0, 0.05) is 6.04 Å². The normalized spacial score (nSPS) is 39.6. The minimum absolute atomic E-state index is 0.131. The molecule has 0 aromatic heterocycles. The van der Waals surface area contributed by atoms with Gasteiger partial charge in [0.15, 0.2) is 0 Å². The van der Waals surface area contributed by atoms with Gasteiger partial charge in [-0.2, -0.15) is 0 Å². The molecule has 4 bridgehead atoms. The summed E-state index contributed by atoms with van der Waals surface area (Å²) >= 11 is 0. The summed E-state index contributed by atoms with van der Waals surface area (Å²) in [6.07, 6.45) is 7.96. The van der Waals surface area contributed by atoms with Crippen LogP contribution in [0.1, 0.15) is 71.3 Å². The van der Waals surface area contributed by atoms with Gasteiger partial charge in [-0.3, -0.25) is 4.79 Å². The Kier molecular flexibility index (Phi) is 3.60. The number of rotatable bonds is 5. The van der Waals surface area contributed by atoms with Crippen LogP contribution in [0.3, 0.4) is 0 Å². The second-order valence-electron chi connectivity index (χ2n) is 9.11. The molecule has 0 radical (unpaired) electrons. The molecule has 1 N–H and O–H groups in total. The average molecular weight is 325 g/mol. The van der Waals surface area contributed by atoms with Gasteiger partial charge < -0.3 is 5.32 Å². The van der Waals surface area contributed by atoms with Gasteiger partial charge in [-0.25, -0.2) is 0 Å². The summed E-state index contributed by atoms with van der Waals surface area (Å²) in [6, 6.07) is 11.4. The smallest absolute Gasteiger partial charge is 0.227 e. The Balaban J connectivity index is 1.69. The zero-order valence-electron chi connectivity index (χ0n) is 15.4. The average Bonchev–Trinajstić information content (AvgIpc) is 2.90. The zero-order valence-corrected chi connectivity index (χ0v) is 15.4. The first-order chi connectivity index (χ1) is 11.5. The standard InChI is InChI=1S/C22H31NO/c1-4-18(5-2)23-19(24)22-13-16-11-20(22,3)14-21(12-16,15-22)17-9-7-6-8-10-17/h6-10,16,18H,4-5,11-15H2,1-3H3,(H,23,24). The summed E-state index contributed by atoms with van der Waals surface area (Å²) in [5.41, 5.74) is 1.76. The van der Waals surface area contributed by atoms with E-state index in [2.05, 4.69) is 56.4 Å². The fraction of sp³-hybridized carbons (Fsp3) is 0.682. The Morgan fingerprint density at radius 2 is 1.83 bits per heavy atom. The van der Waals surface area contributed by atoms with Crippen LogP contribution in [-0.4, -0.2) is 11.9 Å². The quantitative estimate of drug-likeness (QED) is 0.825. The van der Waals surface area contributed by atoms with E-state index in [9.17, 15) is 4.79 Å². The molecule has 4 aliphatic carbocycles. The van der Waals surface area contributed by atoms with Gasteiger partial charge >= 0.3 is 0 Å². The molecule has 4 saturated carbocycles. The SMILES string of the molecule is CCC(CC)NC(=O)C12CC3CC(c4ccccc4)(CC1(C)C3)C2. The van der Waals surface area contributed by atoms with Gasteiger partial charge in [0.05, 0.1) is 5.41 Å². The van der Waals surface area contributed by atoms with E-state index in [0.29, 0.717) is 11.9 Å². The second kappa shape index (κ2) is 5.34. The van der Waals surface area contributed by atoms with E-state index in [1.807, 2.05) is 0 Å². The van der Waals surface area contributed by atoms with Crippen LogP contribution < -0.4 is 5.32 Å². The predicted molar refractivity (Wildman–Crippen MR) is 97.7 cm³/mol. The Morgan fingerprint density at radius 1 is 1.12 bits per heavy atom. The highest BCUT2D eigenvalue weighted by Crippen LogP contribution is 2.76. The van der Waals surface area contributed by atoms with Crippen LogP contribution in [0, 0.1) is 16.7 Å². The topological polar surface area (TPSA) is 29.1 Å². The van der Waals surface area contributed by atoms with Gasteiger partial charge in [0.1, 0.15) is 0 Å². The maximum Gasteiger partial charge on any atom is 0.227 e. The van der Waals surface area contributed by atoms with Gasteiger partial charge in [0.2, 0.25) is 5.91 Å². The Labute approximate surface area is 146 Å². The van der Waals surface area contributed by atoms with Crippen LogP contribution in [0.2, 0.25) is 0 Å². The van der Waals surface area contributed by atoms with Crippen LogP contribution >= 0.6 is 0 Å². The van der Waals surface area contributed by atoms with Crippen molar-refractivity contribution in [2.45, 2.75) is 77.2 Å². The van der Waals surface area contributed by atoms with Crippen molar-refractivity contribution < 1.29 is 4.79 Å². The Bertz CT molecular complexity index is 637. The highest BCUT2D eigenvalue weighted by Gasteiger charge is 2.72. The molecule has 2 nitrogen and oxygen atoms in total. The van der Waals surface area contributed by atoms with E-state index >= 15 is 0 Å². The van der Waals surface area contributed by atoms with Gasteiger partial charge in [-0.15, -0.1) is 0 Å². The van der Waals surface area contributed by atoms with Gasteiger partial charge in [-0.05, 0) is 67.3 Å². The molecule has 0 saturated heterocycles. The lowest BCUT2D eigenvalue weighted by Crippen LogP contribution is -2.49. The highest BCUT2D eigenvalue weighted by molar-refractivity contribution is 5.85. The number of carbonyl (C=O) groups excluding carboxylic acids is 1. The fourth-order valence-corrected chi connectivity index (χ4v) is 6.78. The van der Waals surface area contributed by atoms with Crippen molar-refractivity contribution >= 4 is 5.91 Å². The minimum Gasteiger partial charge on any atom is -0.353 e. The summed E-state index contributed by atoms with van der Waals surface area (Å²) in [4.78, 5) is 13.4. The highest BCUT2D eigenvalue weighted by atomic mass is 16.2. The molecule has 0 spiro atoms. The monoisotopic (exact) mass is 325 g/mol. The summed E-state index contributed by atoms with van der Waals surface area (Å²) < 4.78 is 0. The van der Waals surface area contributed by atoms with Gasteiger partial charge in [-0.1, -0.05) is 51.1 Å². The number of hydrogen-bond donors (Lipinski definition) is 1. The lowest BCUT2D eigenvalue weighted by molar-refractivity contribution is -0.136. The molecule has 0 heterocycles. The van der Waals surface area contributed by atoms with E-state index in [1.165, 1.54) is 24.8 Å². The largest absolute Gasteiger partial charge is 0.353 e. The molecule has 130 valence electrons. The molecule has 1 amide bonds. The van der Waals surface area contributed by atoms with Crippen molar-refractivity contribution in [1.29, 1.82) is 0 Å². The maximum atomic E-state index is 13.4. The molecule has 4 unspecified atom stereocenters. The van der Waals surface area contributed by atoms with Crippen LogP contribution in [-0.2, 0) is 10.2 Å². The molecule has 4 atom stereocenters. The second-order valence-corrected chi connectivity index (χ2v) is 9.11. The number of amides is 1. The lowest BCUT2D eigenvalue weighted by atomic mass is 9.63. The molecular weight excluding hydrogens is 294 g/mol. The van der Waals surface area contributed by atoms with Crippen LogP contribution in [0.4, 0.5) is 0 Å². The summed E-state index contributed by atoms with van der Waals surface area (Å²) in [5, 5.41) is 3.42. The number of carbonyl (C=O) groups is 1. The van der Waals surface area contributed by atoms with Crippen LogP contribution in [0.5, 0.6) is 0 Å². The minimum atomic E-state index is -0.131. The van der Waals surface area contributed by atoms with Gasteiger partial charge in [0.25, 0.3) is 0 Å². The third-order valence-electron chi connectivity index (χ3n) is 7.72. The molecule has 4 fully saturated rings. The van der Waals surface area contributed by atoms with Crippen molar-refractivity contribution in [2.75, 3.05) is 0 Å². The molecular formula is C22H31NO. The van der Waals surface area contributed by atoms with E-state index in [1.54, 1.807) is 0 Å². The first kappa shape index (κ1) is 16.2. The summed E-state index contributed by atoms with van der Waals surface area (Å²) in [7, 11) is 0. The number of hydrogen-bond acceptors (Lipinski definition) is 1. The van der Waals surface area contributed by atoms with Crippen molar-refractivity contribution in [3.05, 3.63) is 35.9 Å². The van der Waals surface area contributed by atoms with Crippen molar-refractivity contribution in [3.8, 4) is 0 Å². The molecule has 2 heteroatoms. The Morgan fingerprint density at radius 3 is 2.50 bits per heavy atom.